The van der Waals surface area contributed by atoms with Crippen LogP contribution in [0.4, 0.5) is 0 Å². The molecule has 1 aliphatic rings. The number of carbonyl (C=O) groups is 1. The number of ether oxygens (including phenoxy) is 2. The van der Waals surface area contributed by atoms with Gasteiger partial charge in [0.25, 0.3) is 0 Å². The Bertz CT molecular complexity index is 378. The Balaban J connectivity index is 2.02. The first-order valence-corrected chi connectivity index (χ1v) is 9.64. The van der Waals surface area contributed by atoms with Crippen LogP contribution in [0.3, 0.4) is 0 Å². The number of aliphatic hydroxyl groups is 4. The normalized spacial score (nSPS) is 26.9. The highest BCUT2D eigenvalue weighted by Gasteiger charge is 2.48. The van der Waals surface area contributed by atoms with E-state index in [2.05, 4.69) is 0 Å². The van der Waals surface area contributed by atoms with Crippen LogP contribution < -0.4 is 0 Å². The monoisotopic (exact) mass is 378 g/mol. The molecule has 8 heteroatoms. The van der Waals surface area contributed by atoms with Crippen LogP contribution in [0.25, 0.3) is 0 Å². The highest BCUT2D eigenvalue weighted by Crippen LogP contribution is 2.25. The molecular weight excluding hydrogens is 344 g/mol. The molecule has 1 heterocycles. The average molecular weight is 378 g/mol. The second-order valence-electron chi connectivity index (χ2n) is 6.86. The Morgan fingerprint density at radius 2 is 1.38 bits per heavy atom. The summed E-state index contributed by atoms with van der Waals surface area (Å²) >= 11 is 0. The van der Waals surface area contributed by atoms with E-state index in [4.69, 9.17) is 19.7 Å². The van der Waals surface area contributed by atoms with Gasteiger partial charge in [-0.25, -0.2) is 4.79 Å². The molecule has 0 bridgehead atoms. The topological polar surface area (TPSA) is 137 Å². The van der Waals surface area contributed by atoms with E-state index in [1.165, 1.54) is 25.7 Å². The predicted molar refractivity (Wildman–Crippen MR) is 93.5 cm³/mol. The van der Waals surface area contributed by atoms with Crippen molar-refractivity contribution in [1.29, 1.82) is 0 Å². The quantitative estimate of drug-likeness (QED) is 0.264. The zero-order valence-electron chi connectivity index (χ0n) is 15.3. The van der Waals surface area contributed by atoms with Gasteiger partial charge in [0, 0.05) is 13.2 Å². The maximum absolute atomic E-state index is 10.7. The number of aliphatic hydroxyl groups excluding tert-OH is 4. The van der Waals surface area contributed by atoms with E-state index in [1.807, 2.05) is 0 Å². The fourth-order valence-corrected chi connectivity index (χ4v) is 3.04. The second kappa shape index (κ2) is 13.4. The van der Waals surface area contributed by atoms with Gasteiger partial charge in [-0.15, -0.1) is 0 Å². The van der Waals surface area contributed by atoms with E-state index in [1.54, 1.807) is 0 Å². The van der Waals surface area contributed by atoms with Crippen LogP contribution >= 0.6 is 0 Å². The van der Waals surface area contributed by atoms with Gasteiger partial charge in [0.2, 0.25) is 0 Å². The molecular formula is C18H34O8. The van der Waals surface area contributed by atoms with E-state index < -0.39 is 36.7 Å². The molecule has 1 saturated heterocycles. The van der Waals surface area contributed by atoms with Crippen LogP contribution in [0.15, 0.2) is 0 Å². The van der Waals surface area contributed by atoms with Crippen LogP contribution in [-0.4, -0.2) is 75.4 Å². The molecule has 0 aromatic carbocycles. The van der Waals surface area contributed by atoms with Gasteiger partial charge in [-0.2, -0.15) is 0 Å². The Kier molecular flexibility index (Phi) is 12.0. The van der Waals surface area contributed by atoms with Crippen molar-refractivity contribution in [2.24, 2.45) is 0 Å². The highest BCUT2D eigenvalue weighted by atomic mass is 16.7. The van der Waals surface area contributed by atoms with Crippen LogP contribution in [0.1, 0.15) is 64.2 Å². The highest BCUT2D eigenvalue weighted by molar-refractivity contribution is 5.72. The van der Waals surface area contributed by atoms with E-state index in [9.17, 15) is 20.1 Å². The zero-order chi connectivity index (χ0) is 19.4. The fourth-order valence-electron chi connectivity index (χ4n) is 3.04. The van der Waals surface area contributed by atoms with Gasteiger partial charge in [0.1, 0.15) is 18.3 Å². The lowest BCUT2D eigenvalue weighted by molar-refractivity contribution is -0.186. The molecule has 154 valence electrons. The standard InChI is InChI=1S/C18H34O8/c19-11-9-7-5-3-1-2-4-6-8-10-12-25-18-14(21)13(20)16(26-18)15(22)17(23)24/h13-16,18-22H,1-12H2,(H,23,24)/t13-,14-,15+,16-,18-/m1/s1. The number of unbranched alkanes of at least 4 members (excludes halogenated alkanes) is 9. The van der Waals surface area contributed by atoms with Gasteiger partial charge >= 0.3 is 5.97 Å². The molecule has 8 nitrogen and oxygen atoms in total. The first-order valence-electron chi connectivity index (χ1n) is 9.64. The molecule has 1 aliphatic heterocycles. The third kappa shape index (κ3) is 8.28. The molecule has 0 radical (unpaired) electrons. The summed E-state index contributed by atoms with van der Waals surface area (Å²) in [5.74, 6) is -1.52. The largest absolute Gasteiger partial charge is 0.479 e. The third-order valence-electron chi connectivity index (χ3n) is 4.66. The van der Waals surface area contributed by atoms with Crippen molar-refractivity contribution in [2.75, 3.05) is 13.2 Å². The van der Waals surface area contributed by atoms with Crippen LogP contribution in [-0.2, 0) is 14.3 Å². The molecule has 0 aromatic heterocycles. The lowest BCUT2D eigenvalue weighted by Gasteiger charge is -2.17. The Labute approximate surface area is 154 Å². The molecule has 5 atom stereocenters. The lowest BCUT2D eigenvalue weighted by Crippen LogP contribution is -2.42. The first kappa shape index (κ1) is 23.3. The Morgan fingerprint density at radius 1 is 0.885 bits per heavy atom. The van der Waals surface area contributed by atoms with Gasteiger partial charge < -0.3 is 35.0 Å². The molecule has 26 heavy (non-hydrogen) atoms. The van der Waals surface area contributed by atoms with Gasteiger partial charge in [-0.1, -0.05) is 51.4 Å². The van der Waals surface area contributed by atoms with E-state index in [0.717, 1.165) is 38.5 Å². The fraction of sp³-hybridized carbons (Fsp3) is 0.944. The minimum Gasteiger partial charge on any atom is -0.479 e. The minimum atomic E-state index is -1.91. The first-order chi connectivity index (χ1) is 12.5. The third-order valence-corrected chi connectivity index (χ3v) is 4.66. The number of hydrogen-bond acceptors (Lipinski definition) is 7. The summed E-state index contributed by atoms with van der Waals surface area (Å²) in [5, 5.41) is 46.4. The number of aliphatic carboxylic acids is 1. The SMILES string of the molecule is O=C(O)[C@@H](O)[C@@H]1O[C@@H](OCCCCCCCCCCCCO)[C@H](O)[C@H]1O. The molecule has 0 spiro atoms. The maximum atomic E-state index is 10.7. The van der Waals surface area contributed by atoms with E-state index >= 15 is 0 Å². The molecule has 0 aromatic rings. The van der Waals surface area contributed by atoms with Crippen molar-refractivity contribution in [3.05, 3.63) is 0 Å². The number of rotatable bonds is 15. The Hall–Kier alpha value is -0.770. The number of carboxylic acids is 1. The van der Waals surface area contributed by atoms with E-state index in [0.29, 0.717) is 6.61 Å². The van der Waals surface area contributed by atoms with Crippen molar-refractivity contribution < 1.29 is 39.8 Å². The molecule has 0 unspecified atom stereocenters. The van der Waals surface area contributed by atoms with Gasteiger partial charge in [-0.05, 0) is 12.8 Å². The number of hydrogen-bond donors (Lipinski definition) is 5. The van der Waals surface area contributed by atoms with Crippen molar-refractivity contribution in [3.8, 4) is 0 Å². The van der Waals surface area contributed by atoms with Crippen molar-refractivity contribution in [1.82, 2.24) is 0 Å². The van der Waals surface area contributed by atoms with Gasteiger partial charge in [-0.3, -0.25) is 0 Å². The number of carboxylic acid groups (broad SMARTS) is 1. The molecule has 0 amide bonds. The van der Waals surface area contributed by atoms with Crippen LogP contribution in [0, 0.1) is 0 Å². The average Bonchev–Trinajstić information content (AvgIpc) is 2.90. The summed E-state index contributed by atoms with van der Waals surface area (Å²) in [6.45, 7) is 0.621. The van der Waals surface area contributed by atoms with Gasteiger partial charge in [0.05, 0.1) is 0 Å². The molecule has 1 rings (SSSR count). The Morgan fingerprint density at radius 3 is 1.88 bits per heavy atom. The van der Waals surface area contributed by atoms with Crippen LogP contribution in [0.2, 0.25) is 0 Å². The lowest BCUT2D eigenvalue weighted by atomic mass is 10.1. The van der Waals surface area contributed by atoms with Crippen molar-refractivity contribution in [3.63, 3.8) is 0 Å². The predicted octanol–water partition coefficient (Wildman–Crippen LogP) is 0.788. The molecule has 1 fully saturated rings. The van der Waals surface area contributed by atoms with Crippen LogP contribution in [0.5, 0.6) is 0 Å². The maximum Gasteiger partial charge on any atom is 0.335 e. The van der Waals surface area contributed by atoms with Gasteiger partial charge in [0.15, 0.2) is 12.4 Å². The summed E-state index contributed by atoms with van der Waals surface area (Å²) in [6, 6.07) is 0. The zero-order valence-corrected chi connectivity index (χ0v) is 15.3. The molecule has 0 saturated carbocycles. The van der Waals surface area contributed by atoms with E-state index in [-0.39, 0.29) is 6.61 Å². The minimum absolute atomic E-state index is 0.282. The summed E-state index contributed by atoms with van der Waals surface area (Å²) < 4.78 is 10.5. The summed E-state index contributed by atoms with van der Waals surface area (Å²) in [4.78, 5) is 10.7. The van der Waals surface area contributed by atoms with Crippen molar-refractivity contribution >= 4 is 5.97 Å². The van der Waals surface area contributed by atoms with Crippen molar-refractivity contribution in [2.45, 2.75) is 94.9 Å². The second-order valence-corrected chi connectivity index (χ2v) is 6.86. The molecule has 5 N–H and O–H groups in total. The smallest absolute Gasteiger partial charge is 0.335 e. The summed E-state index contributed by atoms with van der Waals surface area (Å²) in [7, 11) is 0. The summed E-state index contributed by atoms with van der Waals surface area (Å²) in [6.07, 6.45) is 3.53. The summed E-state index contributed by atoms with van der Waals surface area (Å²) in [5.41, 5.74) is 0. The molecule has 0 aliphatic carbocycles.